The Bertz CT molecular complexity index is 1360. The molecule has 3 aromatic carbocycles. The zero-order valence-corrected chi connectivity index (χ0v) is 18.5. The van der Waals surface area contributed by atoms with E-state index in [0.717, 1.165) is 44.4 Å². The normalized spacial score (nSPS) is 14.5. The quantitative estimate of drug-likeness (QED) is 0.496. The van der Waals surface area contributed by atoms with E-state index >= 15 is 0 Å². The summed E-state index contributed by atoms with van der Waals surface area (Å²) in [6.45, 7) is 4.64. The molecule has 1 amide bonds. The standard InChI is InChI=1S/C26H25N5O/c1-16-11-20-14-25(32)31(17(2)18-7-5-4-6-8-18)15-21(20)12-22(16)26(27)19-9-10-23-24(13-19)30(3)29-28-23/h4-13,17,27H,14-15H2,1-3H3/t17-/m1/s1. The summed E-state index contributed by atoms with van der Waals surface area (Å²) in [5.41, 5.74) is 8.21. The summed E-state index contributed by atoms with van der Waals surface area (Å²) in [5, 5.41) is 17.1. The first-order chi connectivity index (χ1) is 15.4. The number of carbonyl (C=O) groups excluding carboxylic acids is 1. The molecule has 0 spiro atoms. The molecule has 1 aliphatic heterocycles. The molecule has 32 heavy (non-hydrogen) atoms. The number of nitrogens with zero attached hydrogens (tertiary/aromatic N) is 4. The molecule has 6 nitrogen and oxygen atoms in total. The molecule has 0 fully saturated rings. The number of fused-ring (bicyclic) bond motifs is 2. The molecule has 1 N–H and O–H groups in total. The predicted octanol–water partition coefficient (Wildman–Crippen LogP) is 4.34. The summed E-state index contributed by atoms with van der Waals surface area (Å²) in [6.07, 6.45) is 0.396. The van der Waals surface area contributed by atoms with Gasteiger partial charge in [-0.2, -0.15) is 0 Å². The number of nitrogens with one attached hydrogen (secondary N) is 1. The second-order valence-corrected chi connectivity index (χ2v) is 8.51. The molecule has 0 unspecified atom stereocenters. The number of hydrogen-bond donors (Lipinski definition) is 1. The number of hydrogen-bond acceptors (Lipinski definition) is 4. The fourth-order valence-corrected chi connectivity index (χ4v) is 4.54. The summed E-state index contributed by atoms with van der Waals surface area (Å²) in [5.74, 6) is 0.144. The monoisotopic (exact) mass is 423 g/mol. The van der Waals surface area contributed by atoms with Crippen LogP contribution in [0.4, 0.5) is 0 Å². The minimum atomic E-state index is 0.000743. The van der Waals surface area contributed by atoms with Gasteiger partial charge in [0.1, 0.15) is 5.52 Å². The van der Waals surface area contributed by atoms with Gasteiger partial charge in [0, 0.05) is 24.7 Å². The van der Waals surface area contributed by atoms with Crippen LogP contribution in [0.15, 0.2) is 60.7 Å². The number of aromatic nitrogens is 3. The molecule has 160 valence electrons. The third-order valence-electron chi connectivity index (χ3n) is 6.47. The van der Waals surface area contributed by atoms with Crippen molar-refractivity contribution in [3.05, 3.63) is 94.0 Å². The van der Waals surface area contributed by atoms with Gasteiger partial charge in [-0.1, -0.05) is 47.7 Å². The van der Waals surface area contributed by atoms with Gasteiger partial charge in [0.05, 0.1) is 23.7 Å². The molecule has 4 aromatic rings. The van der Waals surface area contributed by atoms with Gasteiger partial charge in [0.2, 0.25) is 5.91 Å². The van der Waals surface area contributed by atoms with Gasteiger partial charge >= 0.3 is 0 Å². The van der Waals surface area contributed by atoms with Crippen molar-refractivity contribution in [2.24, 2.45) is 7.05 Å². The lowest BCUT2D eigenvalue weighted by atomic mass is 9.89. The van der Waals surface area contributed by atoms with E-state index in [1.807, 2.05) is 55.3 Å². The summed E-state index contributed by atoms with van der Waals surface area (Å²) in [7, 11) is 1.85. The van der Waals surface area contributed by atoms with Gasteiger partial charge in [-0.15, -0.1) is 5.10 Å². The van der Waals surface area contributed by atoms with Crippen molar-refractivity contribution in [1.82, 2.24) is 19.9 Å². The van der Waals surface area contributed by atoms with Crippen molar-refractivity contribution in [1.29, 1.82) is 5.41 Å². The fraction of sp³-hybridized carbons (Fsp3) is 0.231. The van der Waals surface area contributed by atoms with Crippen LogP contribution in [0.3, 0.4) is 0 Å². The minimum absolute atomic E-state index is 0.000743. The molecule has 2 heterocycles. The Balaban J connectivity index is 1.49. The number of carbonyl (C=O) groups is 1. The topological polar surface area (TPSA) is 74.9 Å². The smallest absolute Gasteiger partial charge is 0.227 e. The predicted molar refractivity (Wildman–Crippen MR) is 125 cm³/mol. The zero-order valence-electron chi connectivity index (χ0n) is 18.5. The Kier molecular flexibility index (Phi) is 4.85. The highest BCUT2D eigenvalue weighted by Crippen LogP contribution is 2.31. The molecular formula is C26H25N5O. The van der Waals surface area contributed by atoms with Crippen molar-refractivity contribution in [2.75, 3.05) is 0 Å². The van der Waals surface area contributed by atoms with Gasteiger partial charge in [-0.05, 0) is 54.3 Å². The lowest BCUT2D eigenvalue weighted by Crippen LogP contribution is -2.38. The van der Waals surface area contributed by atoms with Crippen LogP contribution >= 0.6 is 0 Å². The van der Waals surface area contributed by atoms with E-state index in [9.17, 15) is 4.79 Å². The lowest BCUT2D eigenvalue weighted by molar-refractivity contribution is -0.134. The highest BCUT2D eigenvalue weighted by molar-refractivity contribution is 6.13. The largest absolute Gasteiger partial charge is 0.331 e. The molecule has 1 aliphatic rings. The average molecular weight is 424 g/mol. The second kappa shape index (κ2) is 7.71. The van der Waals surface area contributed by atoms with Gasteiger partial charge in [-0.25, -0.2) is 4.68 Å². The number of benzene rings is 3. The van der Waals surface area contributed by atoms with Gasteiger partial charge < -0.3 is 4.90 Å². The molecule has 6 heteroatoms. The van der Waals surface area contributed by atoms with Crippen molar-refractivity contribution in [3.8, 4) is 0 Å². The van der Waals surface area contributed by atoms with Crippen LogP contribution in [0.2, 0.25) is 0 Å². The van der Waals surface area contributed by atoms with Crippen molar-refractivity contribution in [2.45, 2.75) is 32.9 Å². The van der Waals surface area contributed by atoms with Crippen LogP contribution < -0.4 is 0 Å². The van der Waals surface area contributed by atoms with Crippen LogP contribution in [0.25, 0.3) is 11.0 Å². The SMILES string of the molecule is Cc1cc2c(cc1C(=N)c1ccc3nnn(C)c3c1)CN([C@H](C)c1ccccc1)C(=O)C2. The van der Waals surface area contributed by atoms with E-state index in [4.69, 9.17) is 5.41 Å². The number of amides is 1. The van der Waals surface area contributed by atoms with Crippen molar-refractivity contribution >= 4 is 22.7 Å². The molecule has 0 aliphatic carbocycles. The third-order valence-corrected chi connectivity index (χ3v) is 6.47. The Hall–Kier alpha value is -3.80. The molecule has 0 radical (unpaired) electrons. The summed E-state index contributed by atoms with van der Waals surface area (Å²) in [6, 6.07) is 20.1. The number of rotatable bonds is 4. The van der Waals surface area contributed by atoms with Gasteiger partial charge in [0.15, 0.2) is 0 Å². The molecule has 0 saturated heterocycles. The maximum atomic E-state index is 12.9. The summed E-state index contributed by atoms with van der Waals surface area (Å²) in [4.78, 5) is 14.9. The Morgan fingerprint density at radius 1 is 1.06 bits per heavy atom. The van der Waals surface area contributed by atoms with Gasteiger partial charge in [0.25, 0.3) is 0 Å². The van der Waals surface area contributed by atoms with Crippen LogP contribution in [-0.4, -0.2) is 31.5 Å². The lowest BCUT2D eigenvalue weighted by Gasteiger charge is -2.34. The minimum Gasteiger partial charge on any atom is -0.331 e. The highest BCUT2D eigenvalue weighted by Gasteiger charge is 2.28. The van der Waals surface area contributed by atoms with Crippen LogP contribution in [0, 0.1) is 12.3 Å². The summed E-state index contributed by atoms with van der Waals surface area (Å²) < 4.78 is 1.72. The van der Waals surface area contributed by atoms with E-state index in [2.05, 4.69) is 41.5 Å². The third kappa shape index (κ3) is 3.38. The van der Waals surface area contributed by atoms with Crippen LogP contribution in [0.5, 0.6) is 0 Å². The van der Waals surface area contributed by atoms with Crippen molar-refractivity contribution in [3.63, 3.8) is 0 Å². The molecule has 5 rings (SSSR count). The maximum Gasteiger partial charge on any atom is 0.227 e. The van der Waals surface area contributed by atoms with E-state index in [-0.39, 0.29) is 11.9 Å². The second-order valence-electron chi connectivity index (χ2n) is 8.51. The van der Waals surface area contributed by atoms with Crippen molar-refractivity contribution < 1.29 is 4.79 Å². The molecular weight excluding hydrogens is 398 g/mol. The molecule has 1 atom stereocenters. The van der Waals surface area contributed by atoms with Crippen LogP contribution in [-0.2, 0) is 24.8 Å². The number of aryl methyl sites for hydroxylation is 2. The molecule has 1 aromatic heterocycles. The van der Waals surface area contributed by atoms with Gasteiger partial charge in [-0.3, -0.25) is 10.2 Å². The highest BCUT2D eigenvalue weighted by atomic mass is 16.2. The zero-order chi connectivity index (χ0) is 22.4. The fourth-order valence-electron chi connectivity index (χ4n) is 4.54. The molecule has 0 saturated carbocycles. The Morgan fingerprint density at radius 2 is 1.84 bits per heavy atom. The maximum absolute atomic E-state index is 12.9. The van der Waals surface area contributed by atoms with E-state index < -0.39 is 0 Å². The first-order valence-corrected chi connectivity index (χ1v) is 10.8. The molecule has 0 bridgehead atoms. The first-order valence-electron chi connectivity index (χ1n) is 10.8. The van der Waals surface area contributed by atoms with E-state index in [1.54, 1.807) is 4.68 Å². The van der Waals surface area contributed by atoms with E-state index in [0.29, 0.717) is 18.7 Å². The first kappa shape index (κ1) is 20.1. The van der Waals surface area contributed by atoms with Crippen LogP contribution in [0.1, 0.15) is 46.3 Å². The average Bonchev–Trinajstić information content (AvgIpc) is 3.18. The Morgan fingerprint density at radius 3 is 2.62 bits per heavy atom. The Labute approximate surface area is 187 Å². The van der Waals surface area contributed by atoms with E-state index in [1.165, 1.54) is 0 Å². The summed E-state index contributed by atoms with van der Waals surface area (Å²) >= 11 is 0.